The maximum absolute atomic E-state index is 11.9. The van der Waals surface area contributed by atoms with Gasteiger partial charge in [0.05, 0.1) is 12.6 Å². The molecule has 1 aromatic rings. The summed E-state index contributed by atoms with van der Waals surface area (Å²) >= 11 is 0. The molecule has 1 fully saturated rings. The van der Waals surface area contributed by atoms with Gasteiger partial charge in [0.15, 0.2) is 0 Å². The van der Waals surface area contributed by atoms with Gasteiger partial charge in [-0.25, -0.2) is 4.79 Å². The normalized spacial score (nSPS) is 20.2. The van der Waals surface area contributed by atoms with E-state index < -0.39 is 6.09 Å². The number of carbonyl (C=O) groups excluding carboxylic acids is 2. The molecule has 0 heterocycles. The summed E-state index contributed by atoms with van der Waals surface area (Å²) in [4.78, 5) is 23.6. The van der Waals surface area contributed by atoms with Crippen LogP contribution in [0.5, 0.6) is 0 Å². The van der Waals surface area contributed by atoms with E-state index >= 15 is 0 Å². The Morgan fingerprint density at radius 3 is 2.60 bits per heavy atom. The van der Waals surface area contributed by atoms with Crippen LogP contribution in [0.1, 0.15) is 25.3 Å². The Kier molecular flexibility index (Phi) is 7.69. The molecule has 1 unspecified atom stereocenters. The number of ether oxygens (including phenoxy) is 2. The highest BCUT2D eigenvalue weighted by Gasteiger charge is 2.32. The molecular formula is C18H27N3O4. The summed E-state index contributed by atoms with van der Waals surface area (Å²) in [5.74, 6) is -0.0456. The number of hydrogen-bond acceptors (Lipinski definition) is 5. The van der Waals surface area contributed by atoms with Crippen LogP contribution in [0.25, 0.3) is 0 Å². The van der Waals surface area contributed by atoms with Crippen LogP contribution >= 0.6 is 0 Å². The minimum Gasteiger partial charge on any atom is -0.445 e. The maximum atomic E-state index is 11.9. The van der Waals surface area contributed by atoms with Crippen LogP contribution in [-0.2, 0) is 20.9 Å². The summed E-state index contributed by atoms with van der Waals surface area (Å²) in [5, 5.41) is 8.90. The summed E-state index contributed by atoms with van der Waals surface area (Å²) in [6.07, 6.45) is 1.17. The molecule has 2 rings (SSSR count). The molecule has 3 N–H and O–H groups in total. The second-order valence-electron chi connectivity index (χ2n) is 6.24. The molecule has 7 heteroatoms. The number of methoxy groups -OCH3 is 1. The molecule has 0 spiro atoms. The minimum atomic E-state index is -0.405. The first-order valence-corrected chi connectivity index (χ1v) is 8.58. The number of hydrogen-bond donors (Lipinski definition) is 3. The Bertz CT molecular complexity index is 547. The van der Waals surface area contributed by atoms with Gasteiger partial charge in [-0.15, -0.1) is 0 Å². The zero-order chi connectivity index (χ0) is 18.1. The van der Waals surface area contributed by atoms with E-state index in [0.29, 0.717) is 13.2 Å². The highest BCUT2D eigenvalue weighted by atomic mass is 16.5. The van der Waals surface area contributed by atoms with E-state index in [1.165, 1.54) is 0 Å². The summed E-state index contributed by atoms with van der Waals surface area (Å²) in [7, 11) is 1.60. The molecule has 2 amide bonds. The monoisotopic (exact) mass is 349 g/mol. The van der Waals surface area contributed by atoms with Gasteiger partial charge in [-0.3, -0.25) is 4.79 Å². The third kappa shape index (κ3) is 6.72. The SMILES string of the molecule is COCCNC(=O)C(C)NC1CC(NC(=O)OCc2ccccc2)C1. The molecule has 1 aliphatic carbocycles. The molecule has 0 aromatic heterocycles. The highest BCUT2D eigenvalue weighted by molar-refractivity contribution is 5.81. The molecule has 25 heavy (non-hydrogen) atoms. The first kappa shape index (κ1) is 19.2. The van der Waals surface area contributed by atoms with Gasteiger partial charge in [0, 0.05) is 25.7 Å². The zero-order valence-corrected chi connectivity index (χ0v) is 14.8. The fraction of sp³-hybridized carbons (Fsp3) is 0.556. The number of alkyl carbamates (subject to hydrolysis) is 1. The predicted octanol–water partition coefficient (Wildman–Crippen LogP) is 1.18. The van der Waals surface area contributed by atoms with Crippen molar-refractivity contribution in [2.75, 3.05) is 20.3 Å². The van der Waals surface area contributed by atoms with Crippen LogP contribution in [0.2, 0.25) is 0 Å². The third-order valence-electron chi connectivity index (χ3n) is 4.16. The number of carbonyl (C=O) groups is 2. The standard InChI is InChI=1S/C18H27N3O4/c1-13(17(22)19-8-9-24-2)20-15-10-16(11-15)21-18(23)25-12-14-6-4-3-5-7-14/h3-7,13,15-16,20H,8-12H2,1-2H3,(H,19,22)(H,21,23). The summed E-state index contributed by atoms with van der Waals surface area (Å²) in [6, 6.07) is 9.60. The van der Waals surface area contributed by atoms with Crippen molar-refractivity contribution in [2.24, 2.45) is 0 Å². The minimum absolute atomic E-state index is 0.0456. The second kappa shape index (κ2) is 10.0. The zero-order valence-electron chi connectivity index (χ0n) is 14.8. The van der Waals surface area contributed by atoms with Gasteiger partial charge in [0.25, 0.3) is 0 Å². The van der Waals surface area contributed by atoms with Gasteiger partial charge in [-0.2, -0.15) is 0 Å². The molecule has 0 bridgehead atoms. The van der Waals surface area contributed by atoms with Gasteiger partial charge < -0.3 is 25.4 Å². The number of rotatable bonds is 9. The number of nitrogens with one attached hydrogen (secondary N) is 3. The quantitative estimate of drug-likeness (QED) is 0.583. The molecule has 138 valence electrons. The lowest BCUT2D eigenvalue weighted by atomic mass is 9.86. The average Bonchev–Trinajstić information content (AvgIpc) is 2.59. The fourth-order valence-corrected chi connectivity index (χ4v) is 2.66. The van der Waals surface area contributed by atoms with Crippen molar-refractivity contribution in [1.82, 2.24) is 16.0 Å². The molecule has 1 saturated carbocycles. The van der Waals surface area contributed by atoms with Gasteiger partial charge in [0.1, 0.15) is 6.61 Å². The molecule has 1 atom stereocenters. The largest absolute Gasteiger partial charge is 0.445 e. The Hall–Kier alpha value is -2.12. The van der Waals surface area contributed by atoms with Crippen LogP contribution in [-0.4, -0.2) is 50.4 Å². The van der Waals surface area contributed by atoms with Crippen LogP contribution < -0.4 is 16.0 Å². The van der Waals surface area contributed by atoms with Crippen LogP contribution in [0.4, 0.5) is 4.79 Å². The van der Waals surface area contributed by atoms with Crippen molar-refractivity contribution >= 4 is 12.0 Å². The Balaban J connectivity index is 1.57. The van der Waals surface area contributed by atoms with Crippen molar-refractivity contribution in [3.05, 3.63) is 35.9 Å². The van der Waals surface area contributed by atoms with Crippen molar-refractivity contribution in [3.8, 4) is 0 Å². The van der Waals surface area contributed by atoms with E-state index in [9.17, 15) is 9.59 Å². The Morgan fingerprint density at radius 1 is 1.20 bits per heavy atom. The maximum Gasteiger partial charge on any atom is 0.407 e. The van der Waals surface area contributed by atoms with E-state index in [4.69, 9.17) is 9.47 Å². The number of amides is 2. The van der Waals surface area contributed by atoms with Crippen molar-refractivity contribution in [2.45, 2.75) is 44.5 Å². The van der Waals surface area contributed by atoms with Crippen molar-refractivity contribution in [3.63, 3.8) is 0 Å². The van der Waals surface area contributed by atoms with Crippen LogP contribution in [0.15, 0.2) is 30.3 Å². The Morgan fingerprint density at radius 2 is 1.92 bits per heavy atom. The predicted molar refractivity (Wildman–Crippen MR) is 94.1 cm³/mol. The van der Waals surface area contributed by atoms with E-state index in [2.05, 4.69) is 16.0 Å². The molecular weight excluding hydrogens is 322 g/mol. The molecule has 7 nitrogen and oxygen atoms in total. The molecule has 0 saturated heterocycles. The van der Waals surface area contributed by atoms with E-state index in [-0.39, 0.29) is 30.6 Å². The molecule has 0 aliphatic heterocycles. The highest BCUT2D eigenvalue weighted by Crippen LogP contribution is 2.20. The first-order chi connectivity index (χ1) is 12.1. The first-order valence-electron chi connectivity index (χ1n) is 8.58. The molecule has 1 aromatic carbocycles. The summed E-state index contributed by atoms with van der Waals surface area (Å²) in [6.45, 7) is 3.10. The topological polar surface area (TPSA) is 88.7 Å². The lowest BCUT2D eigenvalue weighted by molar-refractivity contribution is -0.123. The average molecular weight is 349 g/mol. The van der Waals surface area contributed by atoms with E-state index in [0.717, 1.165) is 18.4 Å². The third-order valence-corrected chi connectivity index (χ3v) is 4.16. The van der Waals surface area contributed by atoms with Crippen molar-refractivity contribution < 1.29 is 19.1 Å². The van der Waals surface area contributed by atoms with E-state index in [1.807, 2.05) is 37.3 Å². The van der Waals surface area contributed by atoms with Gasteiger partial charge in [-0.05, 0) is 25.3 Å². The van der Waals surface area contributed by atoms with Crippen molar-refractivity contribution in [1.29, 1.82) is 0 Å². The second-order valence-corrected chi connectivity index (χ2v) is 6.24. The molecule has 1 aliphatic rings. The smallest absolute Gasteiger partial charge is 0.407 e. The van der Waals surface area contributed by atoms with Gasteiger partial charge in [0.2, 0.25) is 5.91 Å². The molecule has 0 radical (unpaired) electrons. The van der Waals surface area contributed by atoms with E-state index in [1.54, 1.807) is 7.11 Å². The van der Waals surface area contributed by atoms with Gasteiger partial charge >= 0.3 is 6.09 Å². The lowest BCUT2D eigenvalue weighted by Crippen LogP contribution is -2.56. The number of benzene rings is 1. The summed E-state index contributed by atoms with van der Waals surface area (Å²) in [5.41, 5.74) is 0.958. The van der Waals surface area contributed by atoms with Crippen LogP contribution in [0.3, 0.4) is 0 Å². The van der Waals surface area contributed by atoms with Gasteiger partial charge in [-0.1, -0.05) is 30.3 Å². The Labute approximate surface area is 148 Å². The summed E-state index contributed by atoms with van der Waals surface area (Å²) < 4.78 is 10.1. The lowest BCUT2D eigenvalue weighted by Gasteiger charge is -2.37. The van der Waals surface area contributed by atoms with Crippen LogP contribution in [0, 0.1) is 0 Å². The fourth-order valence-electron chi connectivity index (χ4n) is 2.66.